The van der Waals surface area contributed by atoms with Gasteiger partial charge in [0.25, 0.3) is 5.91 Å². The van der Waals surface area contributed by atoms with Crippen LogP contribution < -0.4 is 11.1 Å². The summed E-state index contributed by atoms with van der Waals surface area (Å²) in [6.45, 7) is 0.152. The summed E-state index contributed by atoms with van der Waals surface area (Å²) in [5.41, 5.74) is 9.00. The van der Waals surface area contributed by atoms with Crippen LogP contribution >= 0.6 is 11.3 Å². The Morgan fingerprint density at radius 1 is 1.45 bits per heavy atom. The number of aliphatic hydroxyl groups excluding tert-OH is 1. The molecule has 1 aliphatic carbocycles. The van der Waals surface area contributed by atoms with Crippen LogP contribution in [0.4, 0.5) is 5.69 Å². The number of anilines is 1. The first-order valence-electron chi connectivity index (χ1n) is 6.80. The summed E-state index contributed by atoms with van der Waals surface area (Å²) in [5.74, 6) is -0.238. The number of carbonyl (C=O) groups is 1. The minimum absolute atomic E-state index is 0.0803. The zero-order valence-corrected chi connectivity index (χ0v) is 11.9. The van der Waals surface area contributed by atoms with Crippen LogP contribution in [0.15, 0.2) is 6.07 Å². The molecule has 2 aromatic rings. The van der Waals surface area contributed by atoms with Crippen LogP contribution in [0.25, 0.3) is 10.2 Å². The summed E-state index contributed by atoms with van der Waals surface area (Å²) in [7, 11) is 0. The molecule has 106 valence electrons. The molecule has 0 saturated carbocycles. The van der Waals surface area contributed by atoms with Crippen molar-refractivity contribution in [2.75, 3.05) is 18.9 Å². The van der Waals surface area contributed by atoms with Crippen molar-refractivity contribution in [3.8, 4) is 0 Å². The zero-order chi connectivity index (χ0) is 14.1. The van der Waals surface area contributed by atoms with E-state index in [1.54, 1.807) is 0 Å². The summed E-state index contributed by atoms with van der Waals surface area (Å²) < 4.78 is 0. The molecule has 1 aliphatic rings. The summed E-state index contributed by atoms with van der Waals surface area (Å²) in [5, 5.41) is 12.3. The average Bonchev–Trinajstić information content (AvgIpc) is 2.79. The molecule has 0 bridgehead atoms. The van der Waals surface area contributed by atoms with E-state index < -0.39 is 0 Å². The number of aryl methyl sites for hydroxylation is 2. The Bertz CT molecular complexity index is 666. The molecule has 0 spiro atoms. The fourth-order valence-corrected chi connectivity index (χ4v) is 3.59. The van der Waals surface area contributed by atoms with E-state index in [1.165, 1.54) is 29.7 Å². The minimum atomic E-state index is -0.238. The molecule has 20 heavy (non-hydrogen) atoms. The Morgan fingerprint density at radius 2 is 2.25 bits per heavy atom. The van der Waals surface area contributed by atoms with Crippen molar-refractivity contribution >= 4 is 33.1 Å². The van der Waals surface area contributed by atoms with E-state index in [0.717, 1.165) is 28.8 Å². The van der Waals surface area contributed by atoms with Crippen LogP contribution in [0.5, 0.6) is 0 Å². The van der Waals surface area contributed by atoms with E-state index in [1.807, 2.05) is 0 Å². The molecule has 0 fully saturated rings. The van der Waals surface area contributed by atoms with Gasteiger partial charge in [0.15, 0.2) is 0 Å². The monoisotopic (exact) mass is 291 g/mol. The fraction of sp³-hybridized carbons (Fsp3) is 0.429. The highest BCUT2D eigenvalue weighted by Crippen LogP contribution is 2.35. The van der Waals surface area contributed by atoms with Crippen molar-refractivity contribution in [2.24, 2.45) is 0 Å². The van der Waals surface area contributed by atoms with Crippen LogP contribution in [0.3, 0.4) is 0 Å². The number of nitrogens with two attached hydrogens (primary N) is 1. The van der Waals surface area contributed by atoms with Gasteiger partial charge in [-0.25, -0.2) is 4.98 Å². The van der Waals surface area contributed by atoms with E-state index in [-0.39, 0.29) is 19.1 Å². The molecule has 3 rings (SSSR count). The fourth-order valence-electron chi connectivity index (χ4n) is 2.58. The van der Waals surface area contributed by atoms with Crippen LogP contribution in [0.2, 0.25) is 0 Å². The van der Waals surface area contributed by atoms with Gasteiger partial charge in [0.2, 0.25) is 0 Å². The van der Waals surface area contributed by atoms with Crippen LogP contribution in [-0.4, -0.2) is 29.1 Å². The lowest BCUT2D eigenvalue weighted by atomic mass is 9.95. The van der Waals surface area contributed by atoms with Gasteiger partial charge in [-0.3, -0.25) is 4.79 Å². The molecule has 1 amide bonds. The number of thiophene rings is 1. The highest BCUT2D eigenvalue weighted by molar-refractivity contribution is 7.21. The first-order valence-corrected chi connectivity index (χ1v) is 7.62. The number of aromatic nitrogens is 1. The van der Waals surface area contributed by atoms with Crippen molar-refractivity contribution in [2.45, 2.75) is 25.7 Å². The number of aliphatic hydroxyl groups is 1. The van der Waals surface area contributed by atoms with Crippen molar-refractivity contribution in [1.29, 1.82) is 0 Å². The standard InChI is InChI=1S/C14H17N3O2S/c15-11-9-7-8-3-1-2-4-10(8)17-14(9)20-12(11)13(19)16-5-6-18/h7,18H,1-6,15H2,(H,16,19). The number of carbonyl (C=O) groups excluding carboxylic acids is 1. The molecule has 4 N–H and O–H groups in total. The van der Waals surface area contributed by atoms with Gasteiger partial charge in [-0.05, 0) is 37.3 Å². The third-order valence-electron chi connectivity index (χ3n) is 3.60. The predicted octanol–water partition coefficient (Wildman–Crippen LogP) is 1.48. The third kappa shape index (κ3) is 2.25. The molecule has 0 atom stereocenters. The molecule has 0 unspecified atom stereocenters. The first kappa shape index (κ1) is 13.3. The number of rotatable bonds is 3. The first-order chi connectivity index (χ1) is 9.70. The van der Waals surface area contributed by atoms with E-state index in [0.29, 0.717) is 10.6 Å². The Morgan fingerprint density at radius 3 is 3.05 bits per heavy atom. The van der Waals surface area contributed by atoms with Crippen molar-refractivity contribution in [3.63, 3.8) is 0 Å². The maximum absolute atomic E-state index is 12.0. The topological polar surface area (TPSA) is 88.2 Å². The third-order valence-corrected chi connectivity index (χ3v) is 4.72. The van der Waals surface area contributed by atoms with Crippen molar-refractivity contribution < 1.29 is 9.90 Å². The predicted molar refractivity (Wildman–Crippen MR) is 80.1 cm³/mol. The second kappa shape index (κ2) is 5.38. The lowest BCUT2D eigenvalue weighted by Gasteiger charge is -2.14. The van der Waals surface area contributed by atoms with Crippen molar-refractivity contribution in [3.05, 3.63) is 22.2 Å². The van der Waals surface area contributed by atoms with Gasteiger partial charge < -0.3 is 16.2 Å². The van der Waals surface area contributed by atoms with Crippen LogP contribution in [-0.2, 0) is 12.8 Å². The highest BCUT2D eigenvalue weighted by Gasteiger charge is 2.20. The molecular weight excluding hydrogens is 274 g/mol. The molecule has 5 nitrogen and oxygen atoms in total. The number of nitrogens with one attached hydrogen (secondary N) is 1. The normalized spacial score (nSPS) is 14.2. The van der Waals surface area contributed by atoms with Crippen LogP contribution in [0.1, 0.15) is 33.8 Å². The Kier molecular flexibility index (Phi) is 3.58. The Balaban J connectivity index is 2.03. The number of pyridine rings is 1. The van der Waals surface area contributed by atoms with Gasteiger partial charge in [-0.1, -0.05) is 0 Å². The van der Waals surface area contributed by atoms with Gasteiger partial charge in [0.1, 0.15) is 9.71 Å². The zero-order valence-electron chi connectivity index (χ0n) is 11.1. The van der Waals surface area contributed by atoms with Crippen molar-refractivity contribution in [1.82, 2.24) is 10.3 Å². The lowest BCUT2D eigenvalue weighted by molar-refractivity contribution is 0.0949. The maximum atomic E-state index is 12.0. The Hall–Kier alpha value is -1.66. The van der Waals surface area contributed by atoms with E-state index in [9.17, 15) is 4.79 Å². The van der Waals surface area contributed by atoms with E-state index >= 15 is 0 Å². The molecule has 2 aromatic heterocycles. The summed E-state index contributed by atoms with van der Waals surface area (Å²) >= 11 is 1.33. The van der Waals surface area contributed by atoms with Crippen LogP contribution in [0, 0.1) is 0 Å². The summed E-state index contributed by atoms with van der Waals surface area (Å²) in [6, 6.07) is 2.09. The molecular formula is C14H17N3O2S. The van der Waals surface area contributed by atoms with Gasteiger partial charge in [0.05, 0.1) is 12.3 Å². The number of hydrogen-bond acceptors (Lipinski definition) is 5. The molecule has 0 aliphatic heterocycles. The largest absolute Gasteiger partial charge is 0.397 e. The number of hydrogen-bond donors (Lipinski definition) is 3. The van der Waals surface area contributed by atoms with E-state index in [4.69, 9.17) is 10.8 Å². The van der Waals surface area contributed by atoms with Gasteiger partial charge >= 0.3 is 0 Å². The van der Waals surface area contributed by atoms with Gasteiger partial charge in [0, 0.05) is 17.6 Å². The number of amides is 1. The van der Waals surface area contributed by atoms with Gasteiger partial charge in [-0.2, -0.15) is 0 Å². The molecule has 0 radical (unpaired) electrons. The lowest BCUT2D eigenvalue weighted by Crippen LogP contribution is -2.26. The molecule has 6 heteroatoms. The summed E-state index contributed by atoms with van der Waals surface area (Å²) in [6.07, 6.45) is 4.42. The average molecular weight is 291 g/mol. The smallest absolute Gasteiger partial charge is 0.263 e. The second-order valence-corrected chi connectivity index (χ2v) is 5.98. The maximum Gasteiger partial charge on any atom is 0.263 e. The number of nitrogens with zero attached hydrogens (tertiary/aromatic N) is 1. The minimum Gasteiger partial charge on any atom is -0.397 e. The number of nitrogen functional groups attached to an aromatic ring is 1. The SMILES string of the molecule is Nc1c(C(=O)NCCO)sc2nc3c(cc12)CCCC3. The summed E-state index contributed by atoms with van der Waals surface area (Å²) in [4.78, 5) is 18.0. The quantitative estimate of drug-likeness (QED) is 0.799. The second-order valence-electron chi connectivity index (χ2n) is 4.98. The molecule has 0 aromatic carbocycles. The van der Waals surface area contributed by atoms with Gasteiger partial charge in [-0.15, -0.1) is 11.3 Å². The highest BCUT2D eigenvalue weighted by atomic mass is 32.1. The molecule has 2 heterocycles. The number of fused-ring (bicyclic) bond motifs is 2. The Labute approximate surface area is 120 Å². The van der Waals surface area contributed by atoms with E-state index in [2.05, 4.69) is 16.4 Å². The molecule has 0 saturated heterocycles.